The van der Waals surface area contributed by atoms with Crippen LogP contribution in [0.25, 0.3) is 16.6 Å². The van der Waals surface area contributed by atoms with Crippen molar-refractivity contribution in [2.24, 2.45) is 5.41 Å². The van der Waals surface area contributed by atoms with Gasteiger partial charge in [-0.3, -0.25) is 9.38 Å². The van der Waals surface area contributed by atoms with E-state index >= 15 is 0 Å². The maximum atomic E-state index is 14.0. The predicted molar refractivity (Wildman–Crippen MR) is 151 cm³/mol. The highest BCUT2D eigenvalue weighted by atomic mass is 32.2. The number of pyridine rings is 1. The largest absolute Gasteiger partial charge is 0.444 e. The highest BCUT2D eigenvalue weighted by molar-refractivity contribution is 7.99. The van der Waals surface area contributed by atoms with Gasteiger partial charge in [0.05, 0.1) is 29.2 Å². The number of halogens is 1. The van der Waals surface area contributed by atoms with Crippen LogP contribution >= 0.6 is 11.8 Å². The third kappa shape index (κ3) is 5.08. The molecule has 1 N–H and O–H groups in total. The molecule has 2 fully saturated rings. The first-order chi connectivity index (χ1) is 19.1. The molecular formula is C29H33FN6O3S. The summed E-state index contributed by atoms with van der Waals surface area (Å²) in [6.45, 7) is 9.74. The van der Waals surface area contributed by atoms with E-state index in [9.17, 15) is 9.18 Å². The molecule has 1 aromatic carbocycles. The van der Waals surface area contributed by atoms with Crippen molar-refractivity contribution in [3.05, 3.63) is 54.9 Å². The van der Waals surface area contributed by atoms with Gasteiger partial charge in [0.2, 0.25) is 5.95 Å². The first kappa shape index (κ1) is 26.8. The highest BCUT2D eigenvalue weighted by Crippen LogP contribution is 2.43. The fourth-order valence-electron chi connectivity index (χ4n) is 5.78. The number of nitrogens with one attached hydrogen (secondary N) is 1. The Labute approximate surface area is 236 Å². The van der Waals surface area contributed by atoms with Gasteiger partial charge in [-0.25, -0.2) is 19.2 Å². The lowest BCUT2D eigenvalue weighted by Crippen LogP contribution is -2.55. The third-order valence-electron chi connectivity index (χ3n) is 7.73. The van der Waals surface area contributed by atoms with Gasteiger partial charge in [-0.15, -0.1) is 0 Å². The van der Waals surface area contributed by atoms with Crippen molar-refractivity contribution in [2.45, 2.75) is 68.1 Å². The number of piperidine rings is 1. The van der Waals surface area contributed by atoms with Crippen LogP contribution in [-0.4, -0.2) is 62.9 Å². The Bertz CT molecular complexity index is 1560. The van der Waals surface area contributed by atoms with Crippen molar-refractivity contribution in [2.75, 3.05) is 24.6 Å². The van der Waals surface area contributed by atoms with Gasteiger partial charge in [-0.2, -0.15) is 0 Å². The van der Waals surface area contributed by atoms with Crippen LogP contribution in [-0.2, 0) is 9.47 Å². The summed E-state index contributed by atoms with van der Waals surface area (Å²) in [5, 5.41) is 3.86. The molecule has 2 saturated heterocycles. The van der Waals surface area contributed by atoms with E-state index < -0.39 is 11.7 Å². The summed E-state index contributed by atoms with van der Waals surface area (Å²) in [5.41, 5.74) is 0.811. The fourth-order valence-corrected chi connectivity index (χ4v) is 6.77. The van der Waals surface area contributed by atoms with Crippen LogP contribution in [0.5, 0.6) is 0 Å². The minimum Gasteiger partial charge on any atom is -0.444 e. The monoisotopic (exact) mass is 564 g/mol. The SMILES string of the molecule is C[C@@H]1OCC2(CCN(c3ncc(Sc4ccnc5ccc(F)cc45)c4nccn34)CC2)[C@@H]1NC(=O)OC(C)(C)C. The molecule has 9 nitrogen and oxygen atoms in total. The number of carbonyl (C=O) groups is 1. The summed E-state index contributed by atoms with van der Waals surface area (Å²) in [6, 6.07) is 6.38. The molecule has 2 aliphatic rings. The quantitative estimate of drug-likeness (QED) is 0.349. The average molecular weight is 565 g/mol. The molecule has 4 aromatic rings. The number of benzene rings is 1. The topological polar surface area (TPSA) is 93.9 Å². The highest BCUT2D eigenvalue weighted by Gasteiger charge is 2.50. The molecule has 0 saturated carbocycles. The molecule has 0 bridgehead atoms. The molecule has 0 unspecified atom stereocenters. The van der Waals surface area contributed by atoms with Crippen molar-refractivity contribution < 1.29 is 18.7 Å². The summed E-state index contributed by atoms with van der Waals surface area (Å²) >= 11 is 1.50. The molecular weight excluding hydrogens is 531 g/mol. The maximum Gasteiger partial charge on any atom is 0.407 e. The zero-order chi connectivity index (χ0) is 28.1. The smallest absolute Gasteiger partial charge is 0.407 e. The Morgan fingerprint density at radius 1 is 1.15 bits per heavy atom. The van der Waals surface area contributed by atoms with Gasteiger partial charge < -0.3 is 19.7 Å². The number of alkyl carbamates (subject to hydrolysis) is 1. The van der Waals surface area contributed by atoms with Crippen LogP contribution < -0.4 is 10.2 Å². The average Bonchev–Trinajstić information content (AvgIpc) is 3.51. The number of anilines is 1. The summed E-state index contributed by atoms with van der Waals surface area (Å²) in [5.74, 6) is 0.524. The molecule has 6 rings (SSSR count). The number of hydrogen-bond donors (Lipinski definition) is 1. The normalized spacial score (nSPS) is 20.9. The summed E-state index contributed by atoms with van der Waals surface area (Å²) in [6.07, 6.45) is 8.46. The molecule has 1 spiro atoms. The first-order valence-corrected chi connectivity index (χ1v) is 14.3. The minimum absolute atomic E-state index is 0.0911. The zero-order valence-corrected chi connectivity index (χ0v) is 23.9. The van der Waals surface area contributed by atoms with E-state index in [4.69, 9.17) is 14.5 Å². The fraction of sp³-hybridized carbons (Fsp3) is 0.448. The Morgan fingerprint density at radius 2 is 1.95 bits per heavy atom. The lowest BCUT2D eigenvalue weighted by atomic mass is 9.73. The van der Waals surface area contributed by atoms with E-state index in [0.717, 1.165) is 58.2 Å². The molecule has 40 heavy (non-hydrogen) atoms. The van der Waals surface area contributed by atoms with Gasteiger partial charge in [0.1, 0.15) is 11.4 Å². The van der Waals surface area contributed by atoms with Gasteiger partial charge in [0, 0.05) is 53.6 Å². The van der Waals surface area contributed by atoms with E-state index in [1.165, 1.54) is 23.9 Å². The molecule has 5 heterocycles. The first-order valence-electron chi connectivity index (χ1n) is 13.5. The lowest BCUT2D eigenvalue weighted by molar-refractivity contribution is 0.0434. The molecule has 2 aliphatic heterocycles. The number of carbonyl (C=O) groups excluding carboxylic acids is 1. The molecule has 210 valence electrons. The van der Waals surface area contributed by atoms with Gasteiger partial charge in [0.15, 0.2) is 5.65 Å². The lowest BCUT2D eigenvalue weighted by Gasteiger charge is -2.43. The number of imidazole rings is 1. The summed E-state index contributed by atoms with van der Waals surface area (Å²) in [4.78, 5) is 30.5. The van der Waals surface area contributed by atoms with E-state index in [1.807, 2.05) is 50.6 Å². The van der Waals surface area contributed by atoms with E-state index in [0.29, 0.717) is 6.61 Å². The number of amides is 1. The molecule has 11 heteroatoms. The van der Waals surface area contributed by atoms with Gasteiger partial charge in [-0.1, -0.05) is 11.8 Å². The van der Waals surface area contributed by atoms with E-state index in [-0.39, 0.29) is 23.4 Å². The van der Waals surface area contributed by atoms with Crippen molar-refractivity contribution in [1.29, 1.82) is 0 Å². The van der Waals surface area contributed by atoms with Crippen LogP contribution in [0, 0.1) is 11.2 Å². The summed E-state index contributed by atoms with van der Waals surface area (Å²) < 4.78 is 27.6. The second-order valence-electron chi connectivity index (χ2n) is 11.6. The van der Waals surface area contributed by atoms with Crippen molar-refractivity contribution in [3.8, 4) is 0 Å². The van der Waals surface area contributed by atoms with Crippen molar-refractivity contribution in [1.82, 2.24) is 24.7 Å². The minimum atomic E-state index is -0.559. The third-order valence-corrected chi connectivity index (χ3v) is 8.82. The Kier molecular flexibility index (Phi) is 6.82. The zero-order valence-electron chi connectivity index (χ0n) is 23.1. The van der Waals surface area contributed by atoms with Crippen LogP contribution in [0.2, 0.25) is 0 Å². The number of hydrogen-bond acceptors (Lipinski definition) is 8. The maximum absolute atomic E-state index is 14.0. The number of rotatable bonds is 4. The van der Waals surface area contributed by atoms with Crippen molar-refractivity contribution >= 4 is 40.4 Å². The van der Waals surface area contributed by atoms with Gasteiger partial charge in [0.25, 0.3) is 0 Å². The number of ether oxygens (including phenoxy) is 2. The number of nitrogens with zero attached hydrogens (tertiary/aromatic N) is 5. The molecule has 3 aromatic heterocycles. The second-order valence-corrected chi connectivity index (χ2v) is 12.7. The van der Waals surface area contributed by atoms with Gasteiger partial charge in [-0.05, 0) is 64.8 Å². The molecule has 2 atom stereocenters. The van der Waals surface area contributed by atoms with Crippen molar-refractivity contribution in [3.63, 3.8) is 0 Å². The summed E-state index contributed by atoms with van der Waals surface area (Å²) in [7, 11) is 0. The second kappa shape index (κ2) is 10.2. The number of fused-ring (bicyclic) bond motifs is 2. The van der Waals surface area contributed by atoms with Crippen LogP contribution in [0.15, 0.2) is 58.8 Å². The predicted octanol–water partition coefficient (Wildman–Crippen LogP) is 5.47. The van der Waals surface area contributed by atoms with Crippen LogP contribution in [0.3, 0.4) is 0 Å². The molecule has 0 radical (unpaired) electrons. The standard InChI is InChI=1S/C29H33FN6O3S/c1-18-24(34-27(37)39-28(2,3)4)29(17-38-18)8-12-35(13-9-29)26-33-16-23(25-32-11-14-36(25)26)40-22-7-10-31-21-6-5-19(30)15-20(21)22/h5-7,10-11,14-16,18,24H,8-9,12-13,17H2,1-4H3,(H,34,37)/t18-,24+/m0/s1. The Balaban J connectivity index is 1.21. The van der Waals surface area contributed by atoms with Gasteiger partial charge >= 0.3 is 6.09 Å². The van der Waals surface area contributed by atoms with E-state index in [2.05, 4.69) is 20.2 Å². The molecule has 1 amide bonds. The van der Waals surface area contributed by atoms with E-state index in [1.54, 1.807) is 18.5 Å². The molecule has 0 aliphatic carbocycles. The Hall–Kier alpha value is -3.44. The van der Waals surface area contributed by atoms with Crippen LogP contribution in [0.1, 0.15) is 40.5 Å². The Morgan fingerprint density at radius 3 is 2.73 bits per heavy atom. The number of aromatic nitrogens is 4. The van der Waals surface area contributed by atoms with Crippen LogP contribution in [0.4, 0.5) is 15.1 Å².